The molecular weight excluding hydrogens is 368 g/mol. The Morgan fingerprint density at radius 3 is 2.35 bits per heavy atom. The van der Waals surface area contributed by atoms with Gasteiger partial charge >= 0.3 is 0 Å². The van der Waals surface area contributed by atoms with Crippen LogP contribution in [0.3, 0.4) is 0 Å². The normalized spacial score (nSPS) is 12.8. The van der Waals surface area contributed by atoms with Crippen molar-refractivity contribution in [3.8, 4) is 0 Å². The second-order valence-corrected chi connectivity index (χ2v) is 9.11. The molecule has 26 heavy (non-hydrogen) atoms. The summed E-state index contributed by atoms with van der Waals surface area (Å²) < 4.78 is 30.1. The van der Waals surface area contributed by atoms with Crippen molar-refractivity contribution in [2.45, 2.75) is 29.4 Å². The predicted octanol–water partition coefficient (Wildman–Crippen LogP) is 3.98. The molecule has 136 valence electrons. The largest absolute Gasteiger partial charge is 0.416 e. The molecule has 7 heteroatoms. The molecule has 2 aromatic carbocycles. The lowest BCUT2D eigenvalue weighted by atomic mass is 9.98. The molecule has 0 aliphatic carbocycles. The van der Waals surface area contributed by atoms with Gasteiger partial charge in [-0.1, -0.05) is 67.2 Å². The Morgan fingerprint density at radius 1 is 1.00 bits per heavy atom. The Bertz CT molecular complexity index is 926. The zero-order valence-corrected chi connectivity index (χ0v) is 16.0. The lowest BCUT2D eigenvalue weighted by molar-refractivity contribution is 0.405. The van der Waals surface area contributed by atoms with Gasteiger partial charge in [-0.15, -0.1) is 10.2 Å². The Morgan fingerprint density at radius 2 is 1.65 bits per heavy atom. The molecular formula is C19H20N2O3S2. The third-order valence-corrected chi connectivity index (χ3v) is 6.79. The first kappa shape index (κ1) is 18.7. The van der Waals surface area contributed by atoms with Gasteiger partial charge < -0.3 is 4.42 Å². The van der Waals surface area contributed by atoms with Crippen LogP contribution in [0.25, 0.3) is 0 Å². The van der Waals surface area contributed by atoms with Crippen molar-refractivity contribution >= 4 is 21.6 Å². The van der Waals surface area contributed by atoms with Crippen molar-refractivity contribution in [2.75, 3.05) is 11.5 Å². The van der Waals surface area contributed by atoms with Gasteiger partial charge in [0.15, 0.2) is 9.84 Å². The first-order valence-electron chi connectivity index (χ1n) is 8.32. The standard InChI is InChI=1S/C19H20N2O3S2/c1-15(16-8-4-2-5-9-16)14-18-20-21-19(24-18)25-12-13-26(22,23)17-10-6-3-7-11-17/h2-11,15H,12-14H2,1H3. The quantitative estimate of drug-likeness (QED) is 0.544. The van der Waals surface area contributed by atoms with Gasteiger partial charge in [-0.05, 0) is 23.6 Å². The van der Waals surface area contributed by atoms with E-state index in [0.29, 0.717) is 28.2 Å². The first-order chi connectivity index (χ1) is 12.5. The minimum absolute atomic E-state index is 0.0276. The van der Waals surface area contributed by atoms with E-state index in [9.17, 15) is 8.42 Å². The average molecular weight is 389 g/mol. The summed E-state index contributed by atoms with van der Waals surface area (Å²) in [6.07, 6.45) is 0.653. The summed E-state index contributed by atoms with van der Waals surface area (Å²) in [4.78, 5) is 0.337. The second-order valence-electron chi connectivity index (χ2n) is 5.96. The topological polar surface area (TPSA) is 73.1 Å². The highest BCUT2D eigenvalue weighted by Gasteiger charge is 2.16. The lowest BCUT2D eigenvalue weighted by Crippen LogP contribution is -2.08. The zero-order chi connectivity index (χ0) is 18.4. The molecule has 0 radical (unpaired) electrons. The number of sulfone groups is 1. The van der Waals surface area contributed by atoms with Crippen LogP contribution in [-0.4, -0.2) is 30.1 Å². The minimum Gasteiger partial charge on any atom is -0.416 e. The van der Waals surface area contributed by atoms with Gasteiger partial charge in [0.2, 0.25) is 5.89 Å². The molecule has 3 rings (SSSR count). The fourth-order valence-electron chi connectivity index (χ4n) is 2.52. The molecule has 0 amide bonds. The van der Waals surface area contributed by atoms with Gasteiger partial charge in [-0.2, -0.15) is 0 Å². The van der Waals surface area contributed by atoms with E-state index in [1.807, 2.05) is 18.2 Å². The van der Waals surface area contributed by atoms with Crippen molar-refractivity contribution in [2.24, 2.45) is 0 Å². The Hall–Kier alpha value is -2.12. The summed E-state index contributed by atoms with van der Waals surface area (Å²) in [7, 11) is -3.29. The molecule has 0 fully saturated rings. The van der Waals surface area contributed by atoms with Crippen LogP contribution < -0.4 is 0 Å². The fourth-order valence-corrected chi connectivity index (χ4v) is 4.97. The number of aromatic nitrogens is 2. The summed E-state index contributed by atoms with van der Waals surface area (Å²) in [5, 5.41) is 8.48. The molecule has 0 saturated heterocycles. The summed E-state index contributed by atoms with van der Waals surface area (Å²) in [6, 6.07) is 18.6. The Balaban J connectivity index is 1.53. The van der Waals surface area contributed by atoms with E-state index in [-0.39, 0.29) is 11.7 Å². The van der Waals surface area contributed by atoms with Gasteiger partial charge in [0.1, 0.15) is 0 Å². The molecule has 0 N–H and O–H groups in total. The molecule has 0 aliphatic heterocycles. The van der Waals surface area contributed by atoms with Crippen molar-refractivity contribution in [3.63, 3.8) is 0 Å². The fraction of sp³-hybridized carbons (Fsp3) is 0.263. The van der Waals surface area contributed by atoms with Crippen LogP contribution in [0.2, 0.25) is 0 Å². The molecule has 0 bridgehead atoms. The molecule has 0 aliphatic rings. The number of nitrogens with zero attached hydrogens (tertiary/aromatic N) is 2. The highest BCUT2D eigenvalue weighted by molar-refractivity contribution is 8.00. The van der Waals surface area contributed by atoms with Crippen LogP contribution in [0, 0.1) is 0 Å². The second kappa shape index (κ2) is 8.51. The van der Waals surface area contributed by atoms with Crippen LogP contribution in [0.5, 0.6) is 0 Å². The average Bonchev–Trinajstić information content (AvgIpc) is 3.10. The van der Waals surface area contributed by atoms with Gasteiger partial charge in [-0.3, -0.25) is 0 Å². The minimum atomic E-state index is -3.29. The molecule has 3 aromatic rings. The third kappa shape index (κ3) is 4.95. The van der Waals surface area contributed by atoms with Gasteiger partial charge in [0.05, 0.1) is 10.6 Å². The van der Waals surface area contributed by atoms with Crippen LogP contribution in [-0.2, 0) is 16.3 Å². The van der Waals surface area contributed by atoms with Crippen LogP contribution in [0.15, 0.2) is 75.2 Å². The number of benzene rings is 2. The van der Waals surface area contributed by atoms with E-state index in [4.69, 9.17) is 4.42 Å². The smallest absolute Gasteiger partial charge is 0.276 e. The number of hydrogen-bond donors (Lipinski definition) is 0. The number of rotatable bonds is 8. The zero-order valence-electron chi connectivity index (χ0n) is 14.4. The monoisotopic (exact) mass is 388 g/mol. The van der Waals surface area contributed by atoms with Gasteiger partial charge in [0.25, 0.3) is 5.22 Å². The summed E-state index contributed by atoms with van der Waals surface area (Å²) in [6.45, 7) is 2.11. The maximum absolute atomic E-state index is 12.2. The van der Waals surface area contributed by atoms with E-state index >= 15 is 0 Å². The summed E-state index contributed by atoms with van der Waals surface area (Å²) in [5.74, 6) is 1.23. The Kier molecular flexibility index (Phi) is 6.11. The van der Waals surface area contributed by atoms with E-state index in [2.05, 4.69) is 29.3 Å². The number of thioether (sulfide) groups is 1. The first-order valence-corrected chi connectivity index (χ1v) is 11.0. The van der Waals surface area contributed by atoms with Crippen LogP contribution >= 0.6 is 11.8 Å². The molecule has 1 unspecified atom stereocenters. The van der Waals surface area contributed by atoms with Crippen LogP contribution in [0.4, 0.5) is 0 Å². The van der Waals surface area contributed by atoms with Crippen molar-refractivity contribution in [1.82, 2.24) is 10.2 Å². The lowest BCUT2D eigenvalue weighted by Gasteiger charge is -2.08. The third-order valence-electron chi connectivity index (χ3n) is 3.98. The van der Waals surface area contributed by atoms with Crippen molar-refractivity contribution in [3.05, 3.63) is 72.1 Å². The molecule has 0 saturated carbocycles. The van der Waals surface area contributed by atoms with Crippen molar-refractivity contribution in [1.29, 1.82) is 0 Å². The van der Waals surface area contributed by atoms with E-state index in [0.717, 1.165) is 0 Å². The van der Waals surface area contributed by atoms with Crippen molar-refractivity contribution < 1.29 is 12.8 Å². The molecule has 1 aromatic heterocycles. The molecule has 1 heterocycles. The molecule has 0 spiro atoms. The van der Waals surface area contributed by atoms with E-state index in [1.165, 1.54) is 17.3 Å². The maximum Gasteiger partial charge on any atom is 0.276 e. The highest BCUT2D eigenvalue weighted by Crippen LogP contribution is 2.23. The summed E-state index contributed by atoms with van der Waals surface area (Å²) >= 11 is 1.27. The molecule has 5 nitrogen and oxygen atoms in total. The van der Waals surface area contributed by atoms with E-state index in [1.54, 1.807) is 30.3 Å². The SMILES string of the molecule is CC(Cc1nnc(SCCS(=O)(=O)c2ccccc2)o1)c1ccccc1. The van der Waals surface area contributed by atoms with Gasteiger partial charge in [0, 0.05) is 12.2 Å². The van der Waals surface area contributed by atoms with Gasteiger partial charge in [-0.25, -0.2) is 8.42 Å². The van der Waals surface area contributed by atoms with E-state index < -0.39 is 9.84 Å². The maximum atomic E-state index is 12.2. The summed E-state index contributed by atoms with van der Waals surface area (Å²) in [5.41, 5.74) is 1.22. The number of hydrogen-bond acceptors (Lipinski definition) is 6. The Labute approximate surface area is 157 Å². The predicted molar refractivity (Wildman–Crippen MR) is 102 cm³/mol. The molecule has 1 atom stereocenters. The highest BCUT2D eigenvalue weighted by atomic mass is 32.2. The van der Waals surface area contributed by atoms with Crippen LogP contribution in [0.1, 0.15) is 24.3 Å².